The quantitative estimate of drug-likeness (QED) is 0.725. The van der Waals surface area contributed by atoms with E-state index < -0.39 is 0 Å². The molecule has 1 aromatic carbocycles. The maximum absolute atomic E-state index is 11.8. The van der Waals surface area contributed by atoms with Crippen molar-refractivity contribution in [2.45, 2.75) is 70.6 Å². The molecule has 1 aromatic heterocycles. The smallest absolute Gasteiger partial charge is 0.219 e. The van der Waals surface area contributed by atoms with E-state index in [9.17, 15) is 4.79 Å². The predicted octanol–water partition coefficient (Wildman–Crippen LogP) is 3.73. The monoisotopic (exact) mass is 449 g/mol. The van der Waals surface area contributed by atoms with Crippen LogP contribution in [0.15, 0.2) is 24.3 Å². The van der Waals surface area contributed by atoms with E-state index in [2.05, 4.69) is 34.5 Å². The largest absolute Gasteiger partial charge is 0.490 e. The summed E-state index contributed by atoms with van der Waals surface area (Å²) in [5, 5.41) is 3.29. The lowest BCUT2D eigenvalue weighted by Crippen LogP contribution is -2.32. The first-order chi connectivity index (χ1) is 16.1. The lowest BCUT2D eigenvalue weighted by Gasteiger charge is -2.30. The number of rotatable bonds is 6. The van der Waals surface area contributed by atoms with Gasteiger partial charge in [-0.1, -0.05) is 12.1 Å². The van der Waals surface area contributed by atoms with E-state index in [1.165, 1.54) is 36.8 Å². The minimum atomic E-state index is 0.134. The Morgan fingerprint density at radius 1 is 1.18 bits per heavy atom. The van der Waals surface area contributed by atoms with Crippen LogP contribution in [0.25, 0.3) is 0 Å². The molecule has 1 N–H and O–H groups in total. The fourth-order valence-electron chi connectivity index (χ4n) is 5.46. The van der Waals surface area contributed by atoms with Crippen LogP contribution in [0.5, 0.6) is 5.75 Å². The van der Waals surface area contributed by atoms with Gasteiger partial charge in [-0.15, -0.1) is 0 Å². The van der Waals surface area contributed by atoms with Crippen LogP contribution in [0.4, 0.5) is 5.82 Å². The average molecular weight is 450 g/mol. The van der Waals surface area contributed by atoms with Gasteiger partial charge in [-0.3, -0.25) is 9.69 Å². The first-order valence-corrected chi connectivity index (χ1v) is 12.4. The summed E-state index contributed by atoms with van der Waals surface area (Å²) >= 11 is 0. The molecule has 2 aliphatic heterocycles. The van der Waals surface area contributed by atoms with Crippen molar-refractivity contribution in [1.82, 2.24) is 19.8 Å². The van der Waals surface area contributed by atoms with Crippen LogP contribution in [-0.2, 0) is 24.3 Å². The number of nitrogens with one attached hydrogen (secondary N) is 1. The van der Waals surface area contributed by atoms with Gasteiger partial charge >= 0.3 is 0 Å². The standard InChI is InChI=1S/C26H35N5O2/c1-18(32)31-13-10-20(16-31)25-28-24-17-30(12-11-23(24)26(27-2)29-25)15-19-6-5-9-22(14-19)33-21-7-3-4-8-21/h5-6,9,14,20-21H,3-4,7-8,10-13,15-17H2,1-2H3,(H,27,28,29)/t20-/m1/s1. The van der Waals surface area contributed by atoms with Gasteiger partial charge < -0.3 is 15.0 Å². The number of carbonyl (C=O) groups is 1. The van der Waals surface area contributed by atoms with E-state index in [4.69, 9.17) is 14.7 Å². The van der Waals surface area contributed by atoms with Gasteiger partial charge in [0.1, 0.15) is 17.4 Å². The van der Waals surface area contributed by atoms with Gasteiger partial charge in [0, 0.05) is 58.2 Å². The molecule has 2 aromatic rings. The van der Waals surface area contributed by atoms with E-state index in [0.29, 0.717) is 6.10 Å². The summed E-state index contributed by atoms with van der Waals surface area (Å²) in [6, 6.07) is 8.58. The Hall–Kier alpha value is -2.67. The van der Waals surface area contributed by atoms with Crippen molar-refractivity contribution >= 4 is 11.7 Å². The third kappa shape index (κ3) is 4.98. The normalized spacial score (nSPS) is 21.3. The van der Waals surface area contributed by atoms with Crippen molar-refractivity contribution in [3.63, 3.8) is 0 Å². The highest BCUT2D eigenvalue weighted by atomic mass is 16.5. The van der Waals surface area contributed by atoms with Gasteiger partial charge in [0.15, 0.2) is 0 Å². The predicted molar refractivity (Wildman–Crippen MR) is 128 cm³/mol. The molecule has 7 nitrogen and oxygen atoms in total. The SMILES string of the molecule is CNc1nc([C@@H]2CCN(C(C)=O)C2)nc2c1CCN(Cc1cccc(OC3CCCC3)c1)C2. The summed E-state index contributed by atoms with van der Waals surface area (Å²) in [6.07, 6.45) is 7.16. The molecule has 7 heteroatoms. The van der Waals surface area contributed by atoms with Crippen LogP contribution in [-0.4, -0.2) is 58.5 Å². The molecule has 0 radical (unpaired) electrons. The summed E-state index contributed by atoms with van der Waals surface area (Å²) in [7, 11) is 1.94. The number of nitrogens with zero attached hydrogens (tertiary/aromatic N) is 4. The Bertz CT molecular complexity index is 1000. The van der Waals surface area contributed by atoms with Crippen LogP contribution in [0.2, 0.25) is 0 Å². The third-order valence-electron chi connectivity index (χ3n) is 7.31. The van der Waals surface area contributed by atoms with Gasteiger partial charge in [-0.05, 0) is 56.2 Å². The summed E-state index contributed by atoms with van der Waals surface area (Å²) in [5.74, 6) is 3.16. The molecule has 1 atom stereocenters. The number of ether oxygens (including phenoxy) is 1. The Kier molecular flexibility index (Phi) is 6.49. The molecule has 5 rings (SSSR count). The number of hydrogen-bond donors (Lipinski definition) is 1. The molecule has 176 valence electrons. The molecule has 1 amide bonds. The first-order valence-electron chi connectivity index (χ1n) is 12.4. The lowest BCUT2D eigenvalue weighted by atomic mass is 10.0. The van der Waals surface area contributed by atoms with E-state index in [1.807, 2.05) is 11.9 Å². The third-order valence-corrected chi connectivity index (χ3v) is 7.31. The average Bonchev–Trinajstić information content (AvgIpc) is 3.51. The van der Waals surface area contributed by atoms with Crippen LogP contribution >= 0.6 is 0 Å². The summed E-state index contributed by atoms with van der Waals surface area (Å²) < 4.78 is 6.21. The maximum Gasteiger partial charge on any atom is 0.219 e. The molecule has 0 spiro atoms. The van der Waals surface area contributed by atoms with Crippen LogP contribution in [0.3, 0.4) is 0 Å². The van der Waals surface area contributed by atoms with Gasteiger partial charge in [0.2, 0.25) is 5.91 Å². The highest BCUT2D eigenvalue weighted by molar-refractivity contribution is 5.73. The van der Waals surface area contributed by atoms with E-state index in [1.54, 1.807) is 6.92 Å². The number of carbonyl (C=O) groups excluding carboxylic acids is 1. The molecule has 1 saturated carbocycles. The number of hydrogen-bond acceptors (Lipinski definition) is 6. The van der Waals surface area contributed by atoms with Crippen LogP contribution in [0, 0.1) is 0 Å². The van der Waals surface area contributed by atoms with Crippen molar-refractivity contribution < 1.29 is 9.53 Å². The van der Waals surface area contributed by atoms with Gasteiger partial charge in [-0.2, -0.15) is 0 Å². The first kappa shape index (κ1) is 22.1. The molecular weight excluding hydrogens is 414 g/mol. The lowest BCUT2D eigenvalue weighted by molar-refractivity contribution is -0.127. The molecular formula is C26H35N5O2. The Balaban J connectivity index is 1.29. The van der Waals surface area contributed by atoms with Crippen LogP contribution < -0.4 is 10.1 Å². The van der Waals surface area contributed by atoms with Crippen LogP contribution in [0.1, 0.15) is 67.6 Å². The second kappa shape index (κ2) is 9.67. The van der Waals surface area contributed by atoms with Crippen molar-refractivity contribution in [3.8, 4) is 5.75 Å². The Morgan fingerprint density at radius 2 is 2.03 bits per heavy atom. The second-order valence-corrected chi connectivity index (χ2v) is 9.69. The van der Waals surface area contributed by atoms with Crippen molar-refractivity contribution in [3.05, 3.63) is 46.9 Å². The fourth-order valence-corrected chi connectivity index (χ4v) is 5.46. The van der Waals surface area contributed by atoms with Gasteiger partial charge in [0.05, 0.1) is 11.8 Å². The molecule has 1 saturated heterocycles. The molecule has 33 heavy (non-hydrogen) atoms. The number of anilines is 1. The van der Waals surface area contributed by atoms with E-state index in [0.717, 1.165) is 68.7 Å². The number of aromatic nitrogens is 2. The summed E-state index contributed by atoms with van der Waals surface area (Å²) in [5.41, 5.74) is 3.64. The topological polar surface area (TPSA) is 70.6 Å². The Labute approximate surface area is 196 Å². The summed E-state index contributed by atoms with van der Waals surface area (Å²) in [6.45, 7) is 5.84. The van der Waals surface area contributed by atoms with Crippen molar-refractivity contribution in [2.75, 3.05) is 32.0 Å². The number of amides is 1. The van der Waals surface area contributed by atoms with E-state index >= 15 is 0 Å². The molecule has 0 bridgehead atoms. The van der Waals surface area contributed by atoms with Crippen molar-refractivity contribution in [1.29, 1.82) is 0 Å². The highest BCUT2D eigenvalue weighted by Gasteiger charge is 2.30. The van der Waals surface area contributed by atoms with Gasteiger partial charge in [0.25, 0.3) is 0 Å². The number of benzene rings is 1. The Morgan fingerprint density at radius 3 is 2.79 bits per heavy atom. The zero-order chi connectivity index (χ0) is 22.8. The van der Waals surface area contributed by atoms with Gasteiger partial charge in [-0.25, -0.2) is 9.97 Å². The fraction of sp³-hybridized carbons (Fsp3) is 0.577. The molecule has 2 fully saturated rings. The minimum absolute atomic E-state index is 0.134. The summed E-state index contributed by atoms with van der Waals surface area (Å²) in [4.78, 5) is 26.0. The van der Waals surface area contributed by atoms with Crippen molar-refractivity contribution in [2.24, 2.45) is 0 Å². The maximum atomic E-state index is 11.8. The number of likely N-dealkylation sites (tertiary alicyclic amines) is 1. The molecule has 0 unspecified atom stereocenters. The zero-order valence-electron chi connectivity index (χ0n) is 19.8. The minimum Gasteiger partial charge on any atom is -0.490 e. The molecule has 3 aliphatic rings. The van der Waals surface area contributed by atoms with E-state index in [-0.39, 0.29) is 11.8 Å². The molecule has 1 aliphatic carbocycles. The second-order valence-electron chi connectivity index (χ2n) is 9.69. The zero-order valence-corrected chi connectivity index (χ0v) is 19.8. The number of fused-ring (bicyclic) bond motifs is 1. The molecule has 3 heterocycles. The highest BCUT2D eigenvalue weighted by Crippen LogP contribution is 2.31.